The molecule has 0 saturated carbocycles. The molecule has 0 spiro atoms. The van der Waals surface area contributed by atoms with E-state index in [2.05, 4.69) is 15.7 Å². The Bertz CT molecular complexity index is 1340. The second-order valence-electron chi connectivity index (χ2n) is 7.69. The van der Waals surface area contributed by atoms with E-state index in [-0.39, 0.29) is 17.6 Å². The van der Waals surface area contributed by atoms with Crippen LogP contribution in [0.15, 0.2) is 72.9 Å². The van der Waals surface area contributed by atoms with Crippen molar-refractivity contribution in [1.29, 1.82) is 0 Å². The molecule has 3 aromatic carbocycles. The fourth-order valence-corrected chi connectivity index (χ4v) is 3.68. The Morgan fingerprint density at radius 2 is 1.81 bits per heavy atom. The standard InChI is InChI=1S/C25H19FN4O2/c1-15-2-4-16(5-3-15)23-22(14-30(29-23)20-10-7-18(26)8-11-20)25(32)28-19-9-6-17-13-27-24(31)21(17)12-19/h2-12,14H,13H2,1H3,(H,27,31)(H,28,32). The summed E-state index contributed by atoms with van der Waals surface area (Å²) in [5.41, 5.74) is 5.36. The quantitative estimate of drug-likeness (QED) is 0.505. The van der Waals surface area contributed by atoms with E-state index in [1.54, 1.807) is 35.1 Å². The monoisotopic (exact) mass is 426 g/mol. The molecular weight excluding hydrogens is 407 g/mol. The van der Waals surface area contributed by atoms with Crippen LogP contribution in [-0.4, -0.2) is 21.6 Å². The van der Waals surface area contributed by atoms with Gasteiger partial charge in [0.05, 0.1) is 11.3 Å². The molecule has 7 heteroatoms. The fourth-order valence-electron chi connectivity index (χ4n) is 3.68. The molecule has 158 valence electrons. The summed E-state index contributed by atoms with van der Waals surface area (Å²) >= 11 is 0. The van der Waals surface area contributed by atoms with E-state index in [4.69, 9.17) is 0 Å². The Morgan fingerprint density at radius 1 is 1.06 bits per heavy atom. The van der Waals surface area contributed by atoms with Crippen molar-refractivity contribution in [3.63, 3.8) is 0 Å². The van der Waals surface area contributed by atoms with Gasteiger partial charge < -0.3 is 10.6 Å². The first-order chi connectivity index (χ1) is 15.5. The van der Waals surface area contributed by atoms with Crippen molar-refractivity contribution in [2.45, 2.75) is 13.5 Å². The highest BCUT2D eigenvalue weighted by molar-refractivity contribution is 6.09. The number of anilines is 1. The summed E-state index contributed by atoms with van der Waals surface area (Å²) in [5, 5.41) is 10.2. The van der Waals surface area contributed by atoms with Crippen LogP contribution in [0.5, 0.6) is 0 Å². The zero-order valence-electron chi connectivity index (χ0n) is 17.2. The lowest BCUT2D eigenvalue weighted by Crippen LogP contribution is -2.14. The first kappa shape index (κ1) is 19.7. The van der Waals surface area contributed by atoms with Crippen molar-refractivity contribution in [3.8, 4) is 16.9 Å². The normalized spacial score (nSPS) is 12.4. The van der Waals surface area contributed by atoms with Crippen LogP contribution in [0.4, 0.5) is 10.1 Å². The highest BCUT2D eigenvalue weighted by Crippen LogP contribution is 2.26. The number of carbonyl (C=O) groups is 2. The molecule has 2 N–H and O–H groups in total. The summed E-state index contributed by atoms with van der Waals surface area (Å²) < 4.78 is 14.9. The predicted molar refractivity (Wildman–Crippen MR) is 119 cm³/mol. The second-order valence-corrected chi connectivity index (χ2v) is 7.69. The first-order valence-corrected chi connectivity index (χ1v) is 10.1. The Hall–Kier alpha value is -4.26. The van der Waals surface area contributed by atoms with Gasteiger partial charge in [0.25, 0.3) is 11.8 Å². The minimum absolute atomic E-state index is 0.152. The van der Waals surface area contributed by atoms with Crippen LogP contribution in [0.25, 0.3) is 16.9 Å². The predicted octanol–water partition coefficient (Wildman–Crippen LogP) is 4.48. The number of aryl methyl sites for hydroxylation is 1. The molecule has 1 aliphatic rings. The second kappa shape index (κ2) is 7.77. The van der Waals surface area contributed by atoms with Crippen LogP contribution in [0.1, 0.15) is 31.8 Å². The summed E-state index contributed by atoms with van der Waals surface area (Å²) in [7, 11) is 0. The van der Waals surface area contributed by atoms with Gasteiger partial charge in [0, 0.05) is 29.6 Å². The van der Waals surface area contributed by atoms with Crippen LogP contribution in [0.2, 0.25) is 0 Å². The van der Waals surface area contributed by atoms with E-state index in [1.165, 1.54) is 12.1 Å². The van der Waals surface area contributed by atoms with Gasteiger partial charge in [-0.25, -0.2) is 9.07 Å². The smallest absolute Gasteiger partial charge is 0.259 e. The molecule has 5 rings (SSSR count). The SMILES string of the molecule is Cc1ccc(-c2nn(-c3ccc(F)cc3)cc2C(=O)Nc2ccc3c(c2)C(=O)NC3)cc1. The zero-order valence-corrected chi connectivity index (χ0v) is 17.2. The van der Waals surface area contributed by atoms with E-state index < -0.39 is 0 Å². The molecule has 0 fully saturated rings. The maximum Gasteiger partial charge on any atom is 0.259 e. The van der Waals surface area contributed by atoms with Crippen molar-refractivity contribution in [3.05, 3.63) is 101 Å². The van der Waals surface area contributed by atoms with E-state index in [9.17, 15) is 14.0 Å². The lowest BCUT2D eigenvalue weighted by Gasteiger charge is -2.07. The average Bonchev–Trinajstić information content (AvgIpc) is 3.39. The van der Waals surface area contributed by atoms with Crippen LogP contribution < -0.4 is 10.6 Å². The summed E-state index contributed by atoms with van der Waals surface area (Å²) in [6.45, 7) is 2.48. The molecule has 6 nitrogen and oxygen atoms in total. The lowest BCUT2D eigenvalue weighted by atomic mass is 10.1. The maximum absolute atomic E-state index is 13.4. The van der Waals surface area contributed by atoms with Gasteiger partial charge in [0.1, 0.15) is 11.5 Å². The van der Waals surface area contributed by atoms with Crippen LogP contribution >= 0.6 is 0 Å². The molecule has 0 bridgehead atoms. The Labute approximate surface area is 183 Å². The fraction of sp³-hybridized carbons (Fsp3) is 0.0800. The van der Waals surface area contributed by atoms with Crippen LogP contribution in [0, 0.1) is 12.7 Å². The highest BCUT2D eigenvalue weighted by Gasteiger charge is 2.22. The minimum atomic E-state index is -0.354. The first-order valence-electron chi connectivity index (χ1n) is 10.1. The maximum atomic E-state index is 13.4. The van der Waals surface area contributed by atoms with Gasteiger partial charge >= 0.3 is 0 Å². The molecular formula is C25H19FN4O2. The third-order valence-electron chi connectivity index (χ3n) is 5.43. The van der Waals surface area contributed by atoms with Crippen molar-refractivity contribution in [2.75, 3.05) is 5.32 Å². The molecule has 2 heterocycles. The molecule has 0 unspecified atom stereocenters. The van der Waals surface area contributed by atoms with Crippen LogP contribution in [0.3, 0.4) is 0 Å². The van der Waals surface area contributed by atoms with Crippen molar-refractivity contribution >= 4 is 17.5 Å². The molecule has 32 heavy (non-hydrogen) atoms. The number of amides is 2. The molecule has 0 atom stereocenters. The van der Waals surface area contributed by atoms with Crippen LogP contribution in [-0.2, 0) is 6.54 Å². The molecule has 1 aromatic heterocycles. The molecule has 0 aliphatic carbocycles. The lowest BCUT2D eigenvalue weighted by molar-refractivity contribution is 0.0964. The van der Waals surface area contributed by atoms with Crippen molar-refractivity contribution < 1.29 is 14.0 Å². The Balaban J connectivity index is 1.53. The number of nitrogens with zero attached hydrogens (tertiary/aromatic N) is 2. The Morgan fingerprint density at radius 3 is 2.56 bits per heavy atom. The Kier molecular flexibility index (Phi) is 4.78. The third-order valence-corrected chi connectivity index (χ3v) is 5.43. The van der Waals surface area contributed by atoms with Gasteiger partial charge in [-0.3, -0.25) is 9.59 Å². The number of aromatic nitrogens is 2. The summed E-state index contributed by atoms with van der Waals surface area (Å²) in [6.07, 6.45) is 1.62. The number of rotatable bonds is 4. The highest BCUT2D eigenvalue weighted by atomic mass is 19.1. The summed E-state index contributed by atoms with van der Waals surface area (Å²) in [6, 6.07) is 18.9. The average molecular weight is 426 g/mol. The van der Waals surface area contributed by atoms with E-state index >= 15 is 0 Å². The molecule has 4 aromatic rings. The van der Waals surface area contributed by atoms with Gasteiger partial charge in [-0.2, -0.15) is 5.10 Å². The van der Waals surface area contributed by atoms with Gasteiger partial charge in [-0.1, -0.05) is 35.9 Å². The van der Waals surface area contributed by atoms with Crippen molar-refractivity contribution in [2.24, 2.45) is 0 Å². The molecule has 1 aliphatic heterocycles. The minimum Gasteiger partial charge on any atom is -0.348 e. The number of carbonyl (C=O) groups excluding carboxylic acids is 2. The number of nitrogens with one attached hydrogen (secondary N) is 2. The largest absolute Gasteiger partial charge is 0.348 e. The van der Waals surface area contributed by atoms with Gasteiger partial charge in [-0.05, 0) is 48.9 Å². The molecule has 2 amide bonds. The number of hydrogen-bond acceptors (Lipinski definition) is 3. The summed E-state index contributed by atoms with van der Waals surface area (Å²) in [4.78, 5) is 25.2. The number of hydrogen-bond donors (Lipinski definition) is 2. The summed E-state index contributed by atoms with van der Waals surface area (Å²) in [5.74, 6) is -0.855. The van der Waals surface area contributed by atoms with Gasteiger partial charge in [-0.15, -0.1) is 0 Å². The van der Waals surface area contributed by atoms with Gasteiger partial charge in [0.15, 0.2) is 0 Å². The zero-order chi connectivity index (χ0) is 22.2. The van der Waals surface area contributed by atoms with E-state index in [1.807, 2.05) is 37.3 Å². The molecule has 0 saturated heterocycles. The molecule has 0 radical (unpaired) electrons. The number of fused-ring (bicyclic) bond motifs is 1. The number of benzene rings is 3. The topological polar surface area (TPSA) is 76.0 Å². The third kappa shape index (κ3) is 3.65. The van der Waals surface area contributed by atoms with Crippen molar-refractivity contribution in [1.82, 2.24) is 15.1 Å². The van der Waals surface area contributed by atoms with E-state index in [0.717, 1.165) is 16.7 Å². The van der Waals surface area contributed by atoms with E-state index in [0.29, 0.717) is 34.7 Å². The number of halogens is 1. The van der Waals surface area contributed by atoms with Gasteiger partial charge in [0.2, 0.25) is 0 Å².